The highest BCUT2D eigenvalue weighted by molar-refractivity contribution is 5.88. The number of rotatable bonds is 3. The highest BCUT2D eigenvalue weighted by Crippen LogP contribution is 2.20. The predicted molar refractivity (Wildman–Crippen MR) is 91.5 cm³/mol. The molecule has 0 bridgehead atoms. The van der Waals surface area contributed by atoms with Gasteiger partial charge >= 0.3 is 6.03 Å². The predicted octanol–water partition coefficient (Wildman–Crippen LogP) is 1.49. The molecule has 1 N–H and O–H groups in total. The molecule has 2 aromatic heterocycles. The highest BCUT2D eigenvalue weighted by atomic mass is 16.5. The Morgan fingerprint density at radius 1 is 1.29 bits per heavy atom. The molecule has 128 valence electrons. The first-order valence-corrected chi connectivity index (χ1v) is 7.88. The molecule has 8 heteroatoms. The fraction of sp³-hybridized carbons (Fsp3) is 0.438. The van der Waals surface area contributed by atoms with E-state index in [1.165, 1.54) is 5.56 Å². The number of carbonyl (C=O) groups is 1. The zero-order valence-electron chi connectivity index (χ0n) is 14.2. The van der Waals surface area contributed by atoms with Crippen LogP contribution in [0, 0.1) is 6.92 Å². The second kappa shape index (κ2) is 6.77. The number of urea groups is 1. The molecule has 0 spiro atoms. The van der Waals surface area contributed by atoms with E-state index in [2.05, 4.69) is 27.2 Å². The Bertz CT molecular complexity index is 721. The molecule has 0 unspecified atom stereocenters. The van der Waals surface area contributed by atoms with Gasteiger partial charge in [0.1, 0.15) is 5.82 Å². The maximum Gasteiger partial charge on any atom is 0.323 e. The van der Waals surface area contributed by atoms with Crippen molar-refractivity contribution in [3.8, 4) is 5.88 Å². The Labute approximate surface area is 141 Å². The van der Waals surface area contributed by atoms with Gasteiger partial charge in [-0.05, 0) is 18.6 Å². The van der Waals surface area contributed by atoms with Crippen molar-refractivity contribution in [3.63, 3.8) is 0 Å². The number of nitrogens with zero attached hydrogens (tertiary/aromatic N) is 5. The number of pyridine rings is 1. The second-order valence-electron chi connectivity index (χ2n) is 5.76. The molecular formula is C16H22N6O2. The van der Waals surface area contributed by atoms with Gasteiger partial charge in [-0.2, -0.15) is 0 Å². The minimum Gasteiger partial charge on any atom is -0.480 e. The molecular weight excluding hydrogens is 308 g/mol. The van der Waals surface area contributed by atoms with Gasteiger partial charge in [-0.1, -0.05) is 0 Å². The monoisotopic (exact) mass is 330 g/mol. The van der Waals surface area contributed by atoms with Crippen molar-refractivity contribution in [2.45, 2.75) is 6.92 Å². The van der Waals surface area contributed by atoms with Crippen molar-refractivity contribution in [1.29, 1.82) is 0 Å². The van der Waals surface area contributed by atoms with Gasteiger partial charge in [0.2, 0.25) is 5.88 Å². The third-order valence-electron chi connectivity index (χ3n) is 4.22. The summed E-state index contributed by atoms with van der Waals surface area (Å²) in [7, 11) is 3.31. The average Bonchev–Trinajstić information content (AvgIpc) is 2.95. The number of ether oxygens (including phenoxy) is 1. The summed E-state index contributed by atoms with van der Waals surface area (Å²) in [4.78, 5) is 20.7. The summed E-state index contributed by atoms with van der Waals surface area (Å²) in [6.07, 6.45) is 3.68. The molecule has 1 aliphatic rings. The lowest BCUT2D eigenvalue weighted by atomic mass is 10.2. The number of carbonyl (C=O) groups excluding carboxylic acids is 1. The second-order valence-corrected chi connectivity index (χ2v) is 5.76. The molecule has 0 aliphatic carbocycles. The first-order valence-electron chi connectivity index (χ1n) is 7.88. The maximum absolute atomic E-state index is 12.4. The van der Waals surface area contributed by atoms with E-state index in [9.17, 15) is 4.79 Å². The van der Waals surface area contributed by atoms with Crippen LogP contribution in [0.15, 0.2) is 24.5 Å². The van der Waals surface area contributed by atoms with Crippen LogP contribution >= 0.6 is 0 Å². The molecule has 3 heterocycles. The summed E-state index contributed by atoms with van der Waals surface area (Å²) >= 11 is 0. The minimum atomic E-state index is -0.122. The number of aryl methyl sites for hydroxylation is 2. The zero-order chi connectivity index (χ0) is 17.1. The van der Waals surface area contributed by atoms with Gasteiger partial charge in [0.15, 0.2) is 0 Å². The van der Waals surface area contributed by atoms with Gasteiger partial charge in [-0.25, -0.2) is 9.48 Å². The van der Waals surface area contributed by atoms with Gasteiger partial charge < -0.3 is 14.5 Å². The number of hydrogen-bond acceptors (Lipinski definition) is 5. The topological polar surface area (TPSA) is 75.5 Å². The number of amides is 2. The summed E-state index contributed by atoms with van der Waals surface area (Å²) in [5, 5.41) is 7.01. The van der Waals surface area contributed by atoms with Crippen molar-refractivity contribution in [1.82, 2.24) is 19.7 Å². The van der Waals surface area contributed by atoms with Crippen molar-refractivity contribution in [2.24, 2.45) is 7.05 Å². The van der Waals surface area contributed by atoms with E-state index < -0.39 is 0 Å². The van der Waals surface area contributed by atoms with Crippen LogP contribution in [0.5, 0.6) is 5.88 Å². The number of piperazine rings is 1. The lowest BCUT2D eigenvalue weighted by molar-refractivity contribution is 0.208. The first-order chi connectivity index (χ1) is 11.6. The summed E-state index contributed by atoms with van der Waals surface area (Å²) in [6, 6.07) is 3.58. The molecule has 0 aromatic carbocycles. The van der Waals surface area contributed by atoms with E-state index in [1.807, 2.05) is 17.2 Å². The molecule has 2 amide bonds. The lowest BCUT2D eigenvalue weighted by Crippen LogP contribution is -2.50. The van der Waals surface area contributed by atoms with Gasteiger partial charge in [-0.3, -0.25) is 10.3 Å². The number of nitrogens with one attached hydrogen (secondary N) is 1. The third kappa shape index (κ3) is 3.27. The van der Waals surface area contributed by atoms with Crippen LogP contribution in [0.2, 0.25) is 0 Å². The molecule has 0 saturated carbocycles. The van der Waals surface area contributed by atoms with E-state index in [0.717, 1.165) is 18.8 Å². The Morgan fingerprint density at radius 2 is 2.04 bits per heavy atom. The van der Waals surface area contributed by atoms with E-state index in [0.29, 0.717) is 24.8 Å². The Kier molecular flexibility index (Phi) is 4.54. The van der Waals surface area contributed by atoms with Crippen LogP contribution in [-0.2, 0) is 7.05 Å². The minimum absolute atomic E-state index is 0.122. The molecule has 1 saturated heterocycles. The van der Waals surface area contributed by atoms with Crippen LogP contribution < -0.4 is 15.0 Å². The Hall–Kier alpha value is -2.77. The molecule has 0 radical (unpaired) electrons. The number of anilines is 2. The van der Waals surface area contributed by atoms with Crippen molar-refractivity contribution >= 4 is 17.5 Å². The summed E-state index contributed by atoms with van der Waals surface area (Å²) in [5.74, 6) is 1.09. The molecule has 3 rings (SSSR count). The third-order valence-corrected chi connectivity index (χ3v) is 4.22. The Morgan fingerprint density at radius 3 is 2.67 bits per heavy atom. The number of hydrogen-bond donors (Lipinski definition) is 1. The molecule has 1 aliphatic heterocycles. The number of aromatic nitrogens is 3. The molecule has 0 atom stereocenters. The summed E-state index contributed by atoms with van der Waals surface area (Å²) in [5.41, 5.74) is 2.33. The normalized spacial score (nSPS) is 14.6. The van der Waals surface area contributed by atoms with Crippen LogP contribution in [0.25, 0.3) is 0 Å². The first kappa shape index (κ1) is 16.1. The largest absolute Gasteiger partial charge is 0.480 e. The number of methoxy groups -OCH3 is 1. The smallest absolute Gasteiger partial charge is 0.323 e. The van der Waals surface area contributed by atoms with E-state index in [1.54, 1.807) is 31.1 Å². The van der Waals surface area contributed by atoms with Crippen LogP contribution in [-0.4, -0.2) is 59.0 Å². The maximum atomic E-state index is 12.4. The van der Waals surface area contributed by atoms with Gasteiger partial charge in [0.05, 0.1) is 19.0 Å². The van der Waals surface area contributed by atoms with E-state index in [-0.39, 0.29) is 6.03 Å². The van der Waals surface area contributed by atoms with Crippen LogP contribution in [0.3, 0.4) is 0 Å². The molecule has 2 aromatic rings. The zero-order valence-corrected chi connectivity index (χ0v) is 14.2. The van der Waals surface area contributed by atoms with Gasteiger partial charge in [-0.15, -0.1) is 5.10 Å². The molecule has 24 heavy (non-hydrogen) atoms. The average molecular weight is 330 g/mol. The van der Waals surface area contributed by atoms with Crippen molar-refractivity contribution in [3.05, 3.63) is 30.1 Å². The summed E-state index contributed by atoms with van der Waals surface area (Å²) < 4.78 is 6.66. The molecule has 8 nitrogen and oxygen atoms in total. The fourth-order valence-corrected chi connectivity index (χ4v) is 2.78. The van der Waals surface area contributed by atoms with E-state index >= 15 is 0 Å². The van der Waals surface area contributed by atoms with E-state index in [4.69, 9.17) is 4.74 Å². The van der Waals surface area contributed by atoms with Crippen molar-refractivity contribution in [2.75, 3.05) is 43.5 Å². The lowest BCUT2D eigenvalue weighted by Gasteiger charge is -2.36. The van der Waals surface area contributed by atoms with Crippen LogP contribution in [0.4, 0.5) is 16.3 Å². The van der Waals surface area contributed by atoms with Crippen molar-refractivity contribution < 1.29 is 9.53 Å². The standard InChI is InChI=1S/C16H22N6O2/c1-12-4-5-17-11-13(12)21-6-8-22(9-7-21)16(23)18-14-10-15(24-3)19-20(14)2/h4-5,10-11H,6-9H2,1-3H3,(H,18,23). The fourth-order valence-electron chi connectivity index (χ4n) is 2.78. The van der Waals surface area contributed by atoms with Gasteiger partial charge in [0, 0.05) is 45.5 Å². The quantitative estimate of drug-likeness (QED) is 0.923. The van der Waals surface area contributed by atoms with Gasteiger partial charge in [0.25, 0.3) is 0 Å². The van der Waals surface area contributed by atoms with Crippen LogP contribution in [0.1, 0.15) is 5.56 Å². The Balaban J connectivity index is 1.59. The summed E-state index contributed by atoms with van der Waals surface area (Å²) in [6.45, 7) is 4.97. The SMILES string of the molecule is COc1cc(NC(=O)N2CCN(c3cnccc3C)CC2)n(C)n1. The highest BCUT2D eigenvalue weighted by Gasteiger charge is 2.23. The molecule has 1 fully saturated rings.